The monoisotopic (exact) mass is 426 g/mol. The van der Waals surface area contributed by atoms with Crippen LogP contribution in [0.2, 0.25) is 0 Å². The van der Waals surface area contributed by atoms with E-state index in [2.05, 4.69) is 4.72 Å². The molecule has 1 N–H and O–H groups in total. The van der Waals surface area contributed by atoms with E-state index >= 15 is 0 Å². The number of carbonyl (C=O) groups is 2. The Labute approximate surface area is 170 Å². The maximum absolute atomic E-state index is 12.8. The first-order chi connectivity index (χ1) is 13.8. The fourth-order valence-corrected chi connectivity index (χ4v) is 4.51. The quantitative estimate of drug-likeness (QED) is 0.646. The van der Waals surface area contributed by atoms with Crippen LogP contribution in [-0.2, 0) is 24.3 Å². The molecule has 1 aromatic rings. The van der Waals surface area contributed by atoms with Gasteiger partial charge in [-0.25, -0.2) is 8.42 Å². The van der Waals surface area contributed by atoms with Crippen LogP contribution in [0.5, 0.6) is 11.5 Å². The average molecular weight is 426 g/mol. The van der Waals surface area contributed by atoms with Gasteiger partial charge >= 0.3 is 5.97 Å². The van der Waals surface area contributed by atoms with E-state index in [9.17, 15) is 18.0 Å². The minimum absolute atomic E-state index is 0.0478. The molecule has 0 aromatic heterocycles. The SMILES string of the molecule is CC(C)[C@H](NS(=O)(=O)c1ccc2c(c1)OCCO2)C(=O)OCC(=O)N1CCCC1. The summed E-state index contributed by atoms with van der Waals surface area (Å²) in [4.78, 5) is 26.1. The molecule has 2 aliphatic heterocycles. The lowest BCUT2D eigenvalue weighted by atomic mass is 10.1. The smallest absolute Gasteiger partial charge is 0.324 e. The van der Waals surface area contributed by atoms with Crippen LogP contribution in [0.4, 0.5) is 0 Å². The Morgan fingerprint density at radius 3 is 2.45 bits per heavy atom. The van der Waals surface area contributed by atoms with Gasteiger partial charge in [0.15, 0.2) is 18.1 Å². The molecular formula is C19H26N2O7S. The number of amides is 1. The van der Waals surface area contributed by atoms with Crippen LogP contribution in [-0.4, -0.2) is 64.1 Å². The highest BCUT2D eigenvalue weighted by Crippen LogP contribution is 2.32. The maximum atomic E-state index is 12.8. The summed E-state index contributed by atoms with van der Waals surface area (Å²) < 4.78 is 43.9. The molecule has 0 spiro atoms. The molecule has 0 aliphatic carbocycles. The Balaban J connectivity index is 1.67. The topological polar surface area (TPSA) is 111 Å². The van der Waals surface area contributed by atoms with Crippen LogP contribution in [0.3, 0.4) is 0 Å². The molecule has 2 aliphatic rings. The van der Waals surface area contributed by atoms with E-state index in [4.69, 9.17) is 14.2 Å². The van der Waals surface area contributed by atoms with Crippen LogP contribution in [0.15, 0.2) is 23.1 Å². The van der Waals surface area contributed by atoms with Crippen molar-refractivity contribution in [2.24, 2.45) is 5.92 Å². The van der Waals surface area contributed by atoms with Gasteiger partial charge in [-0.05, 0) is 30.9 Å². The molecular weight excluding hydrogens is 400 g/mol. The second kappa shape index (κ2) is 9.00. The molecule has 160 valence electrons. The molecule has 1 saturated heterocycles. The Kier molecular flexibility index (Phi) is 6.63. The molecule has 0 unspecified atom stereocenters. The third-order valence-electron chi connectivity index (χ3n) is 4.82. The number of benzene rings is 1. The van der Waals surface area contributed by atoms with Gasteiger partial charge in [-0.3, -0.25) is 9.59 Å². The summed E-state index contributed by atoms with van der Waals surface area (Å²) in [5, 5.41) is 0. The summed E-state index contributed by atoms with van der Waals surface area (Å²) in [7, 11) is -4.02. The van der Waals surface area contributed by atoms with Crippen molar-refractivity contribution in [3.8, 4) is 11.5 Å². The van der Waals surface area contributed by atoms with Crippen molar-refractivity contribution in [3.63, 3.8) is 0 Å². The normalized spacial score (nSPS) is 17.3. The first-order valence-electron chi connectivity index (χ1n) is 9.64. The second-order valence-electron chi connectivity index (χ2n) is 7.34. The molecule has 3 rings (SSSR count). The van der Waals surface area contributed by atoms with Crippen LogP contribution in [0.1, 0.15) is 26.7 Å². The lowest BCUT2D eigenvalue weighted by Crippen LogP contribution is -2.46. The van der Waals surface area contributed by atoms with Crippen LogP contribution < -0.4 is 14.2 Å². The molecule has 9 nitrogen and oxygen atoms in total. The van der Waals surface area contributed by atoms with Crippen LogP contribution >= 0.6 is 0 Å². The largest absolute Gasteiger partial charge is 0.486 e. The Morgan fingerprint density at radius 1 is 1.14 bits per heavy atom. The highest BCUT2D eigenvalue weighted by Gasteiger charge is 2.31. The molecule has 10 heteroatoms. The number of fused-ring (bicyclic) bond motifs is 1. The summed E-state index contributed by atoms with van der Waals surface area (Å²) in [6, 6.07) is 3.13. The predicted octanol–water partition coefficient (Wildman–Crippen LogP) is 0.926. The summed E-state index contributed by atoms with van der Waals surface area (Å²) in [5.41, 5.74) is 0. The molecule has 1 aromatic carbocycles. The highest BCUT2D eigenvalue weighted by molar-refractivity contribution is 7.89. The minimum atomic E-state index is -4.02. The van der Waals surface area contributed by atoms with Crippen molar-refractivity contribution >= 4 is 21.9 Å². The molecule has 1 atom stereocenters. The summed E-state index contributed by atoms with van der Waals surface area (Å²) in [5.74, 6) is -0.632. The predicted molar refractivity (Wildman–Crippen MR) is 103 cm³/mol. The zero-order valence-electron chi connectivity index (χ0n) is 16.5. The number of rotatable bonds is 7. The van der Waals surface area contributed by atoms with Gasteiger partial charge < -0.3 is 19.1 Å². The van der Waals surface area contributed by atoms with Crippen LogP contribution in [0, 0.1) is 5.92 Å². The Morgan fingerprint density at radius 2 is 1.79 bits per heavy atom. The molecule has 29 heavy (non-hydrogen) atoms. The molecule has 0 radical (unpaired) electrons. The lowest BCUT2D eigenvalue weighted by Gasteiger charge is -2.22. The van der Waals surface area contributed by atoms with Crippen molar-refractivity contribution in [1.29, 1.82) is 0 Å². The third kappa shape index (κ3) is 5.18. The van der Waals surface area contributed by atoms with E-state index in [0.29, 0.717) is 37.8 Å². The Bertz CT molecular complexity index is 863. The van der Waals surface area contributed by atoms with Crippen molar-refractivity contribution < 1.29 is 32.2 Å². The molecule has 1 amide bonds. The van der Waals surface area contributed by atoms with Crippen molar-refractivity contribution in [3.05, 3.63) is 18.2 Å². The number of ether oxygens (including phenoxy) is 3. The number of esters is 1. The van der Waals surface area contributed by atoms with Crippen LogP contribution in [0.25, 0.3) is 0 Å². The van der Waals surface area contributed by atoms with Gasteiger partial charge in [0.1, 0.15) is 19.3 Å². The zero-order chi connectivity index (χ0) is 21.0. The summed E-state index contributed by atoms with van der Waals surface area (Å²) in [6.45, 7) is 5.03. The van der Waals surface area contributed by atoms with E-state index in [-0.39, 0.29) is 16.7 Å². The Hall–Kier alpha value is -2.33. The number of hydrogen-bond donors (Lipinski definition) is 1. The number of carbonyl (C=O) groups excluding carboxylic acids is 2. The van der Waals surface area contributed by atoms with E-state index in [1.54, 1.807) is 18.7 Å². The first kappa shape index (κ1) is 21.4. The third-order valence-corrected chi connectivity index (χ3v) is 6.26. The maximum Gasteiger partial charge on any atom is 0.324 e. The van der Waals surface area contributed by atoms with Gasteiger partial charge in [-0.2, -0.15) is 4.72 Å². The summed E-state index contributed by atoms with van der Waals surface area (Å²) >= 11 is 0. The van der Waals surface area contributed by atoms with E-state index in [0.717, 1.165) is 12.8 Å². The number of nitrogens with zero attached hydrogens (tertiary/aromatic N) is 1. The molecule has 2 heterocycles. The van der Waals surface area contributed by atoms with Gasteiger partial charge in [0.2, 0.25) is 10.0 Å². The molecule has 0 saturated carbocycles. The zero-order valence-corrected chi connectivity index (χ0v) is 17.4. The van der Waals surface area contributed by atoms with Gasteiger partial charge in [0.05, 0.1) is 4.90 Å². The number of sulfonamides is 1. The van der Waals surface area contributed by atoms with Crippen molar-refractivity contribution in [2.45, 2.75) is 37.6 Å². The van der Waals surface area contributed by atoms with E-state index in [1.165, 1.54) is 18.2 Å². The van der Waals surface area contributed by atoms with E-state index in [1.807, 2.05) is 0 Å². The van der Waals surface area contributed by atoms with Gasteiger partial charge in [0.25, 0.3) is 5.91 Å². The van der Waals surface area contributed by atoms with Crippen molar-refractivity contribution in [2.75, 3.05) is 32.9 Å². The number of nitrogens with one attached hydrogen (secondary N) is 1. The van der Waals surface area contributed by atoms with Gasteiger partial charge in [-0.1, -0.05) is 13.8 Å². The fraction of sp³-hybridized carbons (Fsp3) is 0.579. The summed E-state index contributed by atoms with van der Waals surface area (Å²) in [6.07, 6.45) is 1.87. The standard InChI is InChI=1S/C19H26N2O7S/c1-13(2)18(19(23)28-12-17(22)21-7-3-4-8-21)20-29(24,25)14-5-6-15-16(11-14)27-10-9-26-15/h5-6,11,13,18,20H,3-4,7-10,12H2,1-2H3/t18-/m0/s1. The minimum Gasteiger partial charge on any atom is -0.486 e. The first-order valence-corrected chi connectivity index (χ1v) is 11.1. The highest BCUT2D eigenvalue weighted by atomic mass is 32.2. The fourth-order valence-electron chi connectivity index (χ4n) is 3.16. The molecule has 1 fully saturated rings. The second-order valence-corrected chi connectivity index (χ2v) is 9.06. The number of hydrogen-bond acceptors (Lipinski definition) is 7. The molecule has 0 bridgehead atoms. The number of likely N-dealkylation sites (tertiary alicyclic amines) is 1. The lowest BCUT2D eigenvalue weighted by molar-refractivity contribution is -0.153. The van der Waals surface area contributed by atoms with Crippen molar-refractivity contribution in [1.82, 2.24) is 9.62 Å². The average Bonchev–Trinajstić information content (AvgIpc) is 3.24. The van der Waals surface area contributed by atoms with E-state index < -0.39 is 28.6 Å². The van der Waals surface area contributed by atoms with Gasteiger partial charge in [-0.15, -0.1) is 0 Å². The van der Waals surface area contributed by atoms with Gasteiger partial charge in [0, 0.05) is 19.2 Å².